The van der Waals surface area contributed by atoms with Crippen LogP contribution < -0.4 is 10.6 Å². The van der Waals surface area contributed by atoms with E-state index in [-0.39, 0.29) is 17.9 Å². The van der Waals surface area contributed by atoms with E-state index in [4.69, 9.17) is 5.26 Å². The van der Waals surface area contributed by atoms with Crippen molar-refractivity contribution in [3.63, 3.8) is 0 Å². The summed E-state index contributed by atoms with van der Waals surface area (Å²) >= 11 is 1.30. The molecular weight excluding hydrogens is 348 g/mol. The molecule has 0 unspecified atom stereocenters. The molecule has 0 aliphatic heterocycles. The highest BCUT2D eigenvalue weighted by Gasteiger charge is 2.13. The highest BCUT2D eigenvalue weighted by molar-refractivity contribution is 7.90. The van der Waals surface area contributed by atoms with E-state index in [2.05, 4.69) is 15.6 Å². The van der Waals surface area contributed by atoms with Gasteiger partial charge in [-0.15, -0.1) is 0 Å². The van der Waals surface area contributed by atoms with E-state index in [9.17, 15) is 13.2 Å². The number of rotatable bonds is 5. The van der Waals surface area contributed by atoms with E-state index in [1.165, 1.54) is 11.3 Å². The van der Waals surface area contributed by atoms with Gasteiger partial charge in [0.2, 0.25) is 0 Å². The van der Waals surface area contributed by atoms with E-state index < -0.39 is 15.9 Å². The molecule has 0 aliphatic rings. The third kappa shape index (κ3) is 4.53. The van der Waals surface area contributed by atoms with Crippen molar-refractivity contribution in [2.75, 3.05) is 18.1 Å². The van der Waals surface area contributed by atoms with Crippen molar-refractivity contribution in [1.29, 1.82) is 5.26 Å². The Morgan fingerprint density at radius 3 is 2.58 bits per heavy atom. The van der Waals surface area contributed by atoms with Crippen LogP contribution in [0.1, 0.15) is 12.1 Å². The normalized spacial score (nSPS) is 10.9. The number of anilines is 1. The van der Waals surface area contributed by atoms with Gasteiger partial charge >= 0.3 is 6.03 Å². The second kappa shape index (κ2) is 7.42. The molecular formula is C15H16N4O3S2. The molecule has 2 N–H and O–H groups in total. The molecule has 0 saturated heterocycles. The molecule has 1 aromatic carbocycles. The number of benzene rings is 1. The van der Waals surface area contributed by atoms with Crippen molar-refractivity contribution in [2.45, 2.75) is 18.2 Å². The summed E-state index contributed by atoms with van der Waals surface area (Å²) in [5, 5.41) is 14.0. The van der Waals surface area contributed by atoms with E-state index in [1.54, 1.807) is 24.3 Å². The third-order valence-corrected chi connectivity index (χ3v) is 5.33. The van der Waals surface area contributed by atoms with Crippen LogP contribution >= 0.6 is 11.3 Å². The van der Waals surface area contributed by atoms with Crippen LogP contribution in [0.3, 0.4) is 0 Å². The fraction of sp³-hybridized carbons (Fsp3) is 0.267. The van der Waals surface area contributed by atoms with Gasteiger partial charge in [-0.05, 0) is 24.6 Å². The lowest BCUT2D eigenvalue weighted by molar-refractivity contribution is 0.252. The highest BCUT2D eigenvalue weighted by atomic mass is 32.2. The van der Waals surface area contributed by atoms with Gasteiger partial charge in [0, 0.05) is 12.8 Å². The van der Waals surface area contributed by atoms with Gasteiger partial charge < -0.3 is 5.32 Å². The second-order valence-electron chi connectivity index (χ2n) is 5.02. The first-order valence-electron chi connectivity index (χ1n) is 7.01. The van der Waals surface area contributed by atoms with Gasteiger partial charge in [0.1, 0.15) is 0 Å². The number of thiazole rings is 1. The Kier molecular flexibility index (Phi) is 5.54. The third-order valence-electron chi connectivity index (χ3n) is 3.08. The highest BCUT2D eigenvalue weighted by Crippen LogP contribution is 2.33. The molecule has 2 amide bonds. The fourth-order valence-corrected chi connectivity index (χ4v) is 3.54. The first-order valence-corrected chi connectivity index (χ1v) is 9.72. The zero-order valence-corrected chi connectivity index (χ0v) is 14.8. The molecule has 0 atom stereocenters. The van der Waals surface area contributed by atoms with Gasteiger partial charge in [-0.3, -0.25) is 5.32 Å². The van der Waals surface area contributed by atoms with E-state index in [0.717, 1.165) is 22.4 Å². The van der Waals surface area contributed by atoms with E-state index >= 15 is 0 Å². The number of aryl methyl sites for hydroxylation is 1. The first kappa shape index (κ1) is 17.9. The summed E-state index contributed by atoms with van der Waals surface area (Å²) in [6.07, 6.45) is 1.40. The molecule has 7 nitrogen and oxygen atoms in total. The molecule has 2 rings (SSSR count). The molecule has 1 aromatic heterocycles. The lowest BCUT2D eigenvalue weighted by atomic mass is 10.2. The molecule has 24 heavy (non-hydrogen) atoms. The molecule has 0 spiro atoms. The summed E-state index contributed by atoms with van der Waals surface area (Å²) in [5.74, 6) is 0. The van der Waals surface area contributed by atoms with Crippen LogP contribution in [0.2, 0.25) is 0 Å². The lowest BCUT2D eigenvalue weighted by Gasteiger charge is -2.02. The van der Waals surface area contributed by atoms with Crippen molar-refractivity contribution < 1.29 is 13.2 Å². The predicted molar refractivity (Wildman–Crippen MR) is 92.6 cm³/mol. The molecule has 0 saturated carbocycles. The van der Waals surface area contributed by atoms with Gasteiger partial charge in [-0.2, -0.15) is 5.26 Å². The largest absolute Gasteiger partial charge is 0.337 e. The van der Waals surface area contributed by atoms with E-state index in [0.29, 0.717) is 5.13 Å². The minimum atomic E-state index is -3.23. The number of aromatic nitrogens is 1. The SMILES string of the molecule is Cc1nc(NC(=O)NCCC#N)sc1-c1ccc(S(C)(=O)=O)cc1. The predicted octanol–water partition coefficient (Wildman–Crippen LogP) is 2.56. The standard InChI is InChI=1S/C15H16N4O3S2/c1-10-13(11-4-6-12(7-5-11)24(2,21)22)23-15(18-10)19-14(20)17-9-3-8-16/h4-7H,3,9H2,1-2H3,(H2,17,18,19,20). The zero-order chi connectivity index (χ0) is 17.7. The average Bonchev–Trinajstić information content (AvgIpc) is 2.87. The van der Waals surface area contributed by atoms with Crippen LogP contribution in [0, 0.1) is 18.3 Å². The summed E-state index contributed by atoms with van der Waals surface area (Å²) in [6, 6.07) is 8.05. The molecule has 1 heterocycles. The fourth-order valence-electron chi connectivity index (χ4n) is 1.94. The van der Waals surface area contributed by atoms with Gasteiger partial charge in [0.05, 0.1) is 28.0 Å². The second-order valence-corrected chi connectivity index (χ2v) is 8.03. The maximum atomic E-state index is 11.7. The quantitative estimate of drug-likeness (QED) is 0.792. The Morgan fingerprint density at radius 1 is 1.33 bits per heavy atom. The van der Waals surface area contributed by atoms with Crippen molar-refractivity contribution in [1.82, 2.24) is 10.3 Å². The van der Waals surface area contributed by atoms with E-state index in [1.807, 2.05) is 13.0 Å². The van der Waals surface area contributed by atoms with Crippen molar-refractivity contribution >= 4 is 32.3 Å². The number of nitrogens with zero attached hydrogens (tertiary/aromatic N) is 2. The van der Waals surface area contributed by atoms with Crippen LogP contribution in [-0.2, 0) is 9.84 Å². The van der Waals surface area contributed by atoms with Gasteiger partial charge in [-0.25, -0.2) is 18.2 Å². The Morgan fingerprint density at radius 2 is 2.00 bits per heavy atom. The number of amides is 2. The summed E-state index contributed by atoms with van der Waals surface area (Å²) < 4.78 is 23.0. The molecule has 0 fully saturated rings. The molecule has 2 aromatic rings. The van der Waals surface area contributed by atoms with Crippen LogP contribution in [0.25, 0.3) is 10.4 Å². The Hall–Kier alpha value is -2.44. The number of nitriles is 1. The molecule has 126 valence electrons. The number of hydrogen-bond acceptors (Lipinski definition) is 6. The molecule has 9 heteroatoms. The van der Waals surface area contributed by atoms with Crippen LogP contribution in [-0.4, -0.2) is 32.2 Å². The average molecular weight is 364 g/mol. The molecule has 0 bridgehead atoms. The summed E-state index contributed by atoms with van der Waals surface area (Å²) in [7, 11) is -3.23. The summed E-state index contributed by atoms with van der Waals surface area (Å²) in [6.45, 7) is 2.08. The number of nitrogens with one attached hydrogen (secondary N) is 2. The van der Waals surface area contributed by atoms with Crippen molar-refractivity contribution in [3.8, 4) is 16.5 Å². The monoisotopic (exact) mass is 364 g/mol. The van der Waals surface area contributed by atoms with Crippen LogP contribution in [0.5, 0.6) is 0 Å². The number of urea groups is 1. The maximum Gasteiger partial charge on any atom is 0.321 e. The number of sulfone groups is 1. The maximum absolute atomic E-state index is 11.7. The zero-order valence-electron chi connectivity index (χ0n) is 13.2. The van der Waals surface area contributed by atoms with Crippen molar-refractivity contribution in [3.05, 3.63) is 30.0 Å². The number of hydrogen-bond donors (Lipinski definition) is 2. The lowest BCUT2D eigenvalue weighted by Crippen LogP contribution is -2.29. The van der Waals surface area contributed by atoms with Gasteiger partial charge in [-0.1, -0.05) is 23.5 Å². The summed E-state index contributed by atoms with van der Waals surface area (Å²) in [4.78, 5) is 17.1. The topological polar surface area (TPSA) is 112 Å². The number of carbonyl (C=O) groups excluding carboxylic acids is 1. The molecule has 0 radical (unpaired) electrons. The minimum Gasteiger partial charge on any atom is -0.337 e. The summed E-state index contributed by atoms with van der Waals surface area (Å²) in [5.41, 5.74) is 1.56. The van der Waals surface area contributed by atoms with Gasteiger partial charge in [0.25, 0.3) is 0 Å². The van der Waals surface area contributed by atoms with Crippen LogP contribution in [0.4, 0.5) is 9.93 Å². The Balaban J connectivity index is 2.14. The van der Waals surface area contributed by atoms with Crippen molar-refractivity contribution in [2.24, 2.45) is 0 Å². The minimum absolute atomic E-state index is 0.238. The smallest absolute Gasteiger partial charge is 0.321 e. The van der Waals surface area contributed by atoms with Gasteiger partial charge in [0.15, 0.2) is 15.0 Å². The first-order chi connectivity index (χ1) is 11.3. The molecule has 0 aliphatic carbocycles. The Bertz CT molecular complexity index is 880. The number of carbonyl (C=O) groups is 1. The Labute approximate surface area is 144 Å². The van der Waals surface area contributed by atoms with Crippen LogP contribution in [0.15, 0.2) is 29.2 Å².